The van der Waals surface area contributed by atoms with Gasteiger partial charge in [-0.15, -0.1) is 0 Å². The molecular weight excluding hydrogens is 128 g/mol. The molecule has 0 aliphatic carbocycles. The smallest absolute Gasteiger partial charge is 0.0925 e. The average molecular weight is 142 g/mol. The maximum absolute atomic E-state index is 8.37. The number of nitrogens with zero attached hydrogens (tertiary/aromatic N) is 1. The van der Waals surface area contributed by atoms with Gasteiger partial charge in [0.25, 0.3) is 0 Å². The SMILES string of the molecule is COC(C)CNC(C)C#N. The van der Waals surface area contributed by atoms with Crippen LogP contribution in [-0.4, -0.2) is 25.8 Å². The third-order valence-electron chi connectivity index (χ3n) is 1.31. The van der Waals surface area contributed by atoms with E-state index in [0.29, 0.717) is 0 Å². The maximum atomic E-state index is 8.37. The van der Waals surface area contributed by atoms with Crippen LogP contribution in [0.5, 0.6) is 0 Å². The molecule has 0 spiro atoms. The van der Waals surface area contributed by atoms with Crippen molar-refractivity contribution in [3.63, 3.8) is 0 Å². The van der Waals surface area contributed by atoms with Crippen LogP contribution in [0.4, 0.5) is 0 Å². The molecule has 2 unspecified atom stereocenters. The zero-order valence-corrected chi connectivity index (χ0v) is 6.72. The zero-order chi connectivity index (χ0) is 7.98. The minimum atomic E-state index is -0.0856. The van der Waals surface area contributed by atoms with E-state index in [4.69, 9.17) is 10.00 Å². The van der Waals surface area contributed by atoms with Crippen molar-refractivity contribution < 1.29 is 4.74 Å². The van der Waals surface area contributed by atoms with Crippen LogP contribution in [-0.2, 0) is 4.74 Å². The van der Waals surface area contributed by atoms with Gasteiger partial charge in [-0.3, -0.25) is 5.32 Å². The Kier molecular flexibility index (Phi) is 4.91. The van der Waals surface area contributed by atoms with E-state index in [2.05, 4.69) is 11.4 Å². The van der Waals surface area contributed by atoms with Crippen LogP contribution in [0.25, 0.3) is 0 Å². The van der Waals surface area contributed by atoms with Crippen molar-refractivity contribution >= 4 is 0 Å². The Labute approximate surface area is 62.0 Å². The standard InChI is InChI=1S/C7H14N2O/c1-6(4-8)9-5-7(2)10-3/h6-7,9H,5H2,1-3H3. The van der Waals surface area contributed by atoms with Gasteiger partial charge in [-0.25, -0.2) is 0 Å². The van der Waals surface area contributed by atoms with Crippen molar-refractivity contribution in [1.82, 2.24) is 5.32 Å². The van der Waals surface area contributed by atoms with Crippen molar-refractivity contribution in [2.45, 2.75) is 26.0 Å². The normalized spacial score (nSPS) is 15.8. The van der Waals surface area contributed by atoms with Gasteiger partial charge in [-0.1, -0.05) is 0 Å². The number of nitrogens with one attached hydrogen (secondary N) is 1. The number of hydrogen-bond donors (Lipinski definition) is 1. The Hall–Kier alpha value is -0.590. The fraction of sp³-hybridized carbons (Fsp3) is 0.857. The molecule has 0 aromatic carbocycles. The molecule has 0 fully saturated rings. The van der Waals surface area contributed by atoms with Crippen LogP contribution in [0.1, 0.15) is 13.8 Å². The molecule has 0 saturated carbocycles. The van der Waals surface area contributed by atoms with Gasteiger partial charge in [0.05, 0.1) is 18.2 Å². The van der Waals surface area contributed by atoms with Gasteiger partial charge in [0.2, 0.25) is 0 Å². The van der Waals surface area contributed by atoms with E-state index in [1.165, 1.54) is 0 Å². The number of rotatable bonds is 4. The molecule has 58 valence electrons. The highest BCUT2D eigenvalue weighted by Crippen LogP contribution is 1.85. The molecule has 3 heteroatoms. The Balaban J connectivity index is 3.28. The second-order valence-corrected chi connectivity index (χ2v) is 2.31. The lowest BCUT2D eigenvalue weighted by Gasteiger charge is -2.11. The summed E-state index contributed by atoms with van der Waals surface area (Å²) in [5.41, 5.74) is 0. The third-order valence-corrected chi connectivity index (χ3v) is 1.31. The molecule has 0 bridgehead atoms. The number of hydrogen-bond acceptors (Lipinski definition) is 3. The molecule has 10 heavy (non-hydrogen) atoms. The van der Waals surface area contributed by atoms with Crippen molar-refractivity contribution in [2.75, 3.05) is 13.7 Å². The van der Waals surface area contributed by atoms with Gasteiger partial charge in [-0.2, -0.15) is 5.26 Å². The molecule has 0 aromatic heterocycles. The Morgan fingerprint density at radius 2 is 2.20 bits per heavy atom. The lowest BCUT2D eigenvalue weighted by Crippen LogP contribution is -2.32. The molecule has 0 radical (unpaired) electrons. The molecule has 1 N–H and O–H groups in total. The predicted octanol–water partition coefficient (Wildman–Crippen LogP) is 0.523. The fourth-order valence-electron chi connectivity index (χ4n) is 0.472. The summed E-state index contributed by atoms with van der Waals surface area (Å²) in [4.78, 5) is 0. The third kappa shape index (κ3) is 4.30. The predicted molar refractivity (Wildman–Crippen MR) is 39.5 cm³/mol. The van der Waals surface area contributed by atoms with Crippen LogP contribution in [0.2, 0.25) is 0 Å². The molecule has 0 rings (SSSR count). The highest BCUT2D eigenvalue weighted by Gasteiger charge is 2.01. The van der Waals surface area contributed by atoms with E-state index in [0.717, 1.165) is 6.54 Å². The Morgan fingerprint density at radius 1 is 1.60 bits per heavy atom. The van der Waals surface area contributed by atoms with Crippen LogP contribution in [0.3, 0.4) is 0 Å². The van der Waals surface area contributed by atoms with Crippen molar-refractivity contribution in [2.24, 2.45) is 0 Å². The van der Waals surface area contributed by atoms with E-state index in [1.54, 1.807) is 7.11 Å². The fourth-order valence-corrected chi connectivity index (χ4v) is 0.472. The quantitative estimate of drug-likeness (QED) is 0.622. The minimum Gasteiger partial charge on any atom is -0.380 e. The van der Waals surface area contributed by atoms with Gasteiger partial charge in [0, 0.05) is 13.7 Å². The summed E-state index contributed by atoms with van der Waals surface area (Å²) in [6, 6.07) is 1.99. The summed E-state index contributed by atoms with van der Waals surface area (Å²) in [5.74, 6) is 0. The van der Waals surface area contributed by atoms with Crippen LogP contribution in [0.15, 0.2) is 0 Å². The molecule has 2 atom stereocenters. The first-order chi connectivity index (χ1) is 4.70. The highest BCUT2D eigenvalue weighted by atomic mass is 16.5. The second kappa shape index (κ2) is 5.21. The molecular formula is C7H14N2O. The molecule has 0 heterocycles. The maximum Gasteiger partial charge on any atom is 0.0925 e. The topological polar surface area (TPSA) is 45.0 Å². The van der Waals surface area contributed by atoms with Gasteiger partial charge in [-0.05, 0) is 13.8 Å². The highest BCUT2D eigenvalue weighted by molar-refractivity contribution is 4.85. The average Bonchev–Trinajstić information content (AvgIpc) is 1.99. The van der Waals surface area contributed by atoms with E-state index < -0.39 is 0 Å². The van der Waals surface area contributed by atoms with Gasteiger partial charge in [0.15, 0.2) is 0 Å². The van der Waals surface area contributed by atoms with E-state index >= 15 is 0 Å². The van der Waals surface area contributed by atoms with E-state index in [9.17, 15) is 0 Å². The first-order valence-corrected chi connectivity index (χ1v) is 3.36. The van der Waals surface area contributed by atoms with Gasteiger partial charge in [0.1, 0.15) is 0 Å². The monoisotopic (exact) mass is 142 g/mol. The number of nitriles is 1. The van der Waals surface area contributed by atoms with Gasteiger partial charge >= 0.3 is 0 Å². The first kappa shape index (κ1) is 9.41. The summed E-state index contributed by atoms with van der Waals surface area (Å²) < 4.78 is 4.97. The van der Waals surface area contributed by atoms with Crippen LogP contribution >= 0.6 is 0 Å². The summed E-state index contributed by atoms with van der Waals surface area (Å²) in [5, 5.41) is 11.4. The molecule has 0 aromatic rings. The van der Waals surface area contributed by atoms with E-state index in [1.807, 2.05) is 13.8 Å². The van der Waals surface area contributed by atoms with E-state index in [-0.39, 0.29) is 12.1 Å². The second-order valence-electron chi connectivity index (χ2n) is 2.31. The van der Waals surface area contributed by atoms with Crippen molar-refractivity contribution in [3.05, 3.63) is 0 Å². The summed E-state index contributed by atoms with van der Waals surface area (Å²) in [6.45, 7) is 4.50. The summed E-state index contributed by atoms with van der Waals surface area (Å²) in [6.07, 6.45) is 0.177. The largest absolute Gasteiger partial charge is 0.380 e. The van der Waals surface area contributed by atoms with Crippen LogP contribution in [0, 0.1) is 11.3 Å². The van der Waals surface area contributed by atoms with Crippen LogP contribution < -0.4 is 5.32 Å². The molecule has 0 amide bonds. The summed E-state index contributed by atoms with van der Waals surface area (Å²) >= 11 is 0. The van der Waals surface area contributed by atoms with Crippen molar-refractivity contribution in [3.8, 4) is 6.07 Å². The molecule has 0 aliphatic heterocycles. The lowest BCUT2D eigenvalue weighted by atomic mass is 10.3. The number of methoxy groups -OCH3 is 1. The Morgan fingerprint density at radius 3 is 2.60 bits per heavy atom. The first-order valence-electron chi connectivity index (χ1n) is 3.36. The summed E-state index contributed by atoms with van der Waals surface area (Å²) in [7, 11) is 1.66. The molecule has 3 nitrogen and oxygen atoms in total. The molecule has 0 saturated heterocycles. The molecule has 0 aliphatic rings. The number of ether oxygens (including phenoxy) is 1. The van der Waals surface area contributed by atoms with Gasteiger partial charge < -0.3 is 4.74 Å². The Bertz CT molecular complexity index is 119. The lowest BCUT2D eigenvalue weighted by molar-refractivity contribution is 0.116. The minimum absolute atomic E-state index is 0.0856. The van der Waals surface area contributed by atoms with Crippen molar-refractivity contribution in [1.29, 1.82) is 5.26 Å². The zero-order valence-electron chi connectivity index (χ0n) is 6.72.